The van der Waals surface area contributed by atoms with E-state index in [9.17, 15) is 9.90 Å². The number of hydrogen-bond donors (Lipinski definition) is 2. The van der Waals surface area contributed by atoms with Gasteiger partial charge in [-0.2, -0.15) is 0 Å². The molecule has 1 saturated carbocycles. The molecule has 1 amide bonds. The Bertz CT molecular complexity index is 535. The molecule has 2 aliphatic rings. The predicted molar refractivity (Wildman–Crippen MR) is 77.8 cm³/mol. The van der Waals surface area contributed by atoms with Crippen LogP contribution in [0.2, 0.25) is 5.02 Å². The molecule has 1 saturated heterocycles. The van der Waals surface area contributed by atoms with E-state index < -0.39 is 0 Å². The second kappa shape index (κ2) is 5.26. The summed E-state index contributed by atoms with van der Waals surface area (Å²) in [5, 5.41) is 9.63. The summed E-state index contributed by atoms with van der Waals surface area (Å²) in [7, 11) is 0. The van der Waals surface area contributed by atoms with Gasteiger partial charge < -0.3 is 15.7 Å². The lowest BCUT2D eigenvalue weighted by atomic mass is 9.78. The minimum atomic E-state index is -0.0199. The molecule has 1 aromatic rings. The van der Waals surface area contributed by atoms with Crippen LogP contribution in [-0.2, 0) is 0 Å². The highest BCUT2D eigenvalue weighted by Crippen LogP contribution is 2.36. The molecule has 0 aromatic heterocycles. The first kappa shape index (κ1) is 13.7. The van der Waals surface area contributed by atoms with Gasteiger partial charge in [-0.1, -0.05) is 18.0 Å². The summed E-state index contributed by atoms with van der Waals surface area (Å²) < 4.78 is 0. The molecule has 3 atom stereocenters. The molecule has 1 heterocycles. The average molecular weight is 295 g/mol. The van der Waals surface area contributed by atoms with Crippen LogP contribution in [0, 0.1) is 11.8 Å². The first-order valence-corrected chi connectivity index (χ1v) is 7.47. The normalized spacial score (nSPS) is 29.3. The van der Waals surface area contributed by atoms with Gasteiger partial charge in [-0.15, -0.1) is 0 Å². The molecular formula is C15H19ClN2O2. The summed E-state index contributed by atoms with van der Waals surface area (Å²) in [6.07, 6.45) is 3.39. The van der Waals surface area contributed by atoms with Crippen molar-refractivity contribution in [1.82, 2.24) is 4.90 Å². The van der Waals surface area contributed by atoms with Gasteiger partial charge in [0, 0.05) is 24.7 Å². The van der Waals surface area contributed by atoms with Crippen LogP contribution < -0.4 is 5.73 Å². The van der Waals surface area contributed by atoms with E-state index in [1.54, 1.807) is 6.07 Å². The number of nitrogens with zero attached hydrogens (tertiary/aromatic N) is 1. The number of benzene rings is 1. The summed E-state index contributed by atoms with van der Waals surface area (Å²) >= 11 is 5.87. The van der Waals surface area contributed by atoms with Crippen molar-refractivity contribution in [2.24, 2.45) is 17.6 Å². The number of phenols is 1. The first-order chi connectivity index (χ1) is 9.56. The number of aromatic hydroxyl groups is 1. The molecule has 0 spiro atoms. The molecular weight excluding hydrogens is 276 g/mol. The molecule has 3 rings (SSSR count). The Balaban J connectivity index is 1.76. The van der Waals surface area contributed by atoms with Gasteiger partial charge in [0.05, 0.1) is 5.02 Å². The van der Waals surface area contributed by atoms with E-state index in [0.29, 0.717) is 17.4 Å². The Kier molecular flexibility index (Phi) is 3.61. The highest BCUT2D eigenvalue weighted by Gasteiger charge is 2.40. The monoisotopic (exact) mass is 294 g/mol. The lowest BCUT2D eigenvalue weighted by Gasteiger charge is -2.29. The van der Waals surface area contributed by atoms with E-state index in [1.165, 1.54) is 18.6 Å². The van der Waals surface area contributed by atoms with Crippen molar-refractivity contribution in [3.8, 4) is 5.75 Å². The number of phenolic OH excluding ortho intramolecular Hbond substituents is 1. The quantitative estimate of drug-likeness (QED) is 0.835. The van der Waals surface area contributed by atoms with E-state index >= 15 is 0 Å². The van der Waals surface area contributed by atoms with Crippen molar-refractivity contribution in [2.75, 3.05) is 13.1 Å². The molecule has 1 aromatic carbocycles. The predicted octanol–water partition coefficient (Wildman–Crippen LogP) is 2.25. The number of amides is 1. The molecule has 5 heteroatoms. The molecule has 3 unspecified atom stereocenters. The second-order valence-corrected chi connectivity index (χ2v) is 6.30. The maximum Gasteiger partial charge on any atom is 0.253 e. The molecule has 1 aliphatic heterocycles. The Morgan fingerprint density at radius 1 is 1.35 bits per heavy atom. The fourth-order valence-electron chi connectivity index (χ4n) is 3.51. The van der Waals surface area contributed by atoms with Crippen LogP contribution in [0.5, 0.6) is 5.75 Å². The Morgan fingerprint density at radius 2 is 2.15 bits per heavy atom. The van der Waals surface area contributed by atoms with Crippen LogP contribution in [0.1, 0.15) is 29.6 Å². The molecule has 0 radical (unpaired) electrons. The Hall–Kier alpha value is -1.26. The van der Waals surface area contributed by atoms with Crippen LogP contribution >= 0.6 is 11.6 Å². The highest BCUT2D eigenvalue weighted by molar-refractivity contribution is 6.32. The third kappa shape index (κ3) is 2.38. The zero-order valence-electron chi connectivity index (χ0n) is 11.3. The minimum Gasteiger partial charge on any atom is -0.506 e. The Labute approximate surface area is 123 Å². The summed E-state index contributed by atoms with van der Waals surface area (Å²) in [6.45, 7) is 1.53. The molecule has 108 valence electrons. The van der Waals surface area contributed by atoms with E-state index in [1.807, 2.05) is 4.90 Å². The van der Waals surface area contributed by atoms with Gasteiger partial charge in [0.15, 0.2) is 0 Å². The number of hydrogen-bond acceptors (Lipinski definition) is 3. The molecule has 1 aliphatic carbocycles. The number of carbonyl (C=O) groups is 1. The Morgan fingerprint density at radius 3 is 2.85 bits per heavy atom. The van der Waals surface area contributed by atoms with Crippen LogP contribution in [-0.4, -0.2) is 35.0 Å². The van der Waals surface area contributed by atoms with Crippen molar-refractivity contribution in [3.05, 3.63) is 28.8 Å². The number of rotatable bonds is 1. The van der Waals surface area contributed by atoms with Gasteiger partial charge in [0.25, 0.3) is 5.91 Å². The van der Waals surface area contributed by atoms with Gasteiger partial charge in [-0.25, -0.2) is 0 Å². The van der Waals surface area contributed by atoms with Crippen molar-refractivity contribution < 1.29 is 9.90 Å². The smallest absolute Gasteiger partial charge is 0.253 e. The molecule has 0 bridgehead atoms. The standard InChI is InChI=1S/C15H19ClN2O2/c16-12-6-9(4-5-14(12)19)15(20)18-7-10-2-1-3-13(17)11(10)8-18/h4-6,10-11,13,19H,1-3,7-8,17H2. The highest BCUT2D eigenvalue weighted by atomic mass is 35.5. The lowest BCUT2D eigenvalue weighted by Crippen LogP contribution is -2.38. The van der Waals surface area contributed by atoms with Gasteiger partial charge in [0.1, 0.15) is 5.75 Å². The van der Waals surface area contributed by atoms with Crippen LogP contribution in [0.4, 0.5) is 0 Å². The fourth-order valence-corrected chi connectivity index (χ4v) is 3.69. The van der Waals surface area contributed by atoms with Crippen molar-refractivity contribution >= 4 is 17.5 Å². The molecule has 20 heavy (non-hydrogen) atoms. The average Bonchev–Trinajstić information content (AvgIpc) is 2.86. The number of fused-ring (bicyclic) bond motifs is 1. The van der Waals surface area contributed by atoms with Gasteiger partial charge in [0.2, 0.25) is 0 Å². The van der Waals surface area contributed by atoms with E-state index in [2.05, 4.69) is 0 Å². The number of likely N-dealkylation sites (tertiary alicyclic amines) is 1. The third-order valence-corrected chi connectivity index (χ3v) is 4.94. The van der Waals surface area contributed by atoms with Crippen molar-refractivity contribution in [3.63, 3.8) is 0 Å². The minimum absolute atomic E-state index is 0.000306. The zero-order chi connectivity index (χ0) is 14.3. The fraction of sp³-hybridized carbons (Fsp3) is 0.533. The maximum absolute atomic E-state index is 12.5. The zero-order valence-corrected chi connectivity index (χ0v) is 12.0. The van der Waals surface area contributed by atoms with Crippen LogP contribution in [0.3, 0.4) is 0 Å². The van der Waals surface area contributed by atoms with Crippen molar-refractivity contribution in [1.29, 1.82) is 0 Å². The second-order valence-electron chi connectivity index (χ2n) is 5.90. The lowest BCUT2D eigenvalue weighted by molar-refractivity contribution is 0.0783. The largest absolute Gasteiger partial charge is 0.506 e. The SMILES string of the molecule is NC1CCCC2CN(C(=O)c3ccc(O)c(Cl)c3)CC12. The molecule has 3 N–H and O–H groups in total. The van der Waals surface area contributed by atoms with E-state index in [0.717, 1.165) is 25.9 Å². The van der Waals surface area contributed by atoms with Gasteiger partial charge in [-0.05, 0) is 42.9 Å². The van der Waals surface area contributed by atoms with Crippen molar-refractivity contribution in [2.45, 2.75) is 25.3 Å². The number of nitrogens with two attached hydrogens (primary N) is 1. The number of carbonyl (C=O) groups excluding carboxylic acids is 1. The van der Waals surface area contributed by atoms with Crippen LogP contribution in [0.15, 0.2) is 18.2 Å². The number of halogens is 1. The summed E-state index contributed by atoms with van der Waals surface area (Å²) in [6, 6.07) is 4.83. The maximum atomic E-state index is 12.5. The van der Waals surface area contributed by atoms with Gasteiger partial charge >= 0.3 is 0 Å². The summed E-state index contributed by atoms with van der Waals surface area (Å²) in [5.41, 5.74) is 6.70. The summed E-state index contributed by atoms with van der Waals surface area (Å²) in [5.74, 6) is 0.949. The van der Waals surface area contributed by atoms with Gasteiger partial charge in [-0.3, -0.25) is 4.79 Å². The van der Waals surface area contributed by atoms with E-state index in [4.69, 9.17) is 17.3 Å². The molecule has 2 fully saturated rings. The van der Waals surface area contributed by atoms with E-state index in [-0.39, 0.29) is 22.7 Å². The topological polar surface area (TPSA) is 66.6 Å². The first-order valence-electron chi connectivity index (χ1n) is 7.09. The third-order valence-electron chi connectivity index (χ3n) is 4.64. The summed E-state index contributed by atoms with van der Waals surface area (Å²) in [4.78, 5) is 14.4. The molecule has 4 nitrogen and oxygen atoms in total. The van der Waals surface area contributed by atoms with Crippen LogP contribution in [0.25, 0.3) is 0 Å².